The van der Waals surface area contributed by atoms with Gasteiger partial charge in [-0.1, -0.05) is 48.0 Å². The van der Waals surface area contributed by atoms with Crippen molar-refractivity contribution in [3.05, 3.63) is 119 Å². The van der Waals surface area contributed by atoms with Crippen LogP contribution in [-0.2, 0) is 29.7 Å². The first-order valence-corrected chi connectivity index (χ1v) is 13.0. The fourth-order valence-corrected chi connectivity index (χ4v) is 4.42. The second kappa shape index (κ2) is 11.8. The van der Waals surface area contributed by atoms with Crippen LogP contribution in [-0.4, -0.2) is 24.3 Å². The number of hydrogen-bond donors (Lipinski definition) is 3. The SMILES string of the molecule is O=C(NCc1ccc(CNS(=O)(=O)c2ccc(Cl)cc2)cc1)c1ccc(CNc2ncccn2)cc1. The van der Waals surface area contributed by atoms with Crippen molar-refractivity contribution in [2.24, 2.45) is 0 Å². The largest absolute Gasteiger partial charge is 0.350 e. The van der Waals surface area contributed by atoms with Crippen molar-refractivity contribution in [2.75, 3.05) is 5.32 Å². The fourth-order valence-electron chi connectivity index (χ4n) is 3.28. The number of carbonyl (C=O) groups is 1. The van der Waals surface area contributed by atoms with Gasteiger partial charge in [-0.2, -0.15) is 0 Å². The highest BCUT2D eigenvalue weighted by atomic mass is 35.5. The van der Waals surface area contributed by atoms with Gasteiger partial charge in [0.1, 0.15) is 0 Å². The fraction of sp³-hybridized carbons (Fsp3) is 0.115. The van der Waals surface area contributed by atoms with Gasteiger partial charge in [0, 0.05) is 42.6 Å². The van der Waals surface area contributed by atoms with Crippen molar-refractivity contribution in [1.82, 2.24) is 20.0 Å². The molecule has 10 heteroatoms. The Morgan fingerprint density at radius 1 is 0.750 bits per heavy atom. The molecule has 4 rings (SSSR count). The monoisotopic (exact) mass is 521 g/mol. The summed E-state index contributed by atoms with van der Waals surface area (Å²) in [5.41, 5.74) is 3.26. The molecule has 36 heavy (non-hydrogen) atoms. The third kappa shape index (κ3) is 7.11. The van der Waals surface area contributed by atoms with Gasteiger partial charge < -0.3 is 10.6 Å². The van der Waals surface area contributed by atoms with Gasteiger partial charge in [0.2, 0.25) is 16.0 Å². The van der Waals surface area contributed by atoms with Crippen molar-refractivity contribution in [3.8, 4) is 0 Å². The minimum Gasteiger partial charge on any atom is -0.350 e. The van der Waals surface area contributed by atoms with Crippen LogP contribution in [0.15, 0.2) is 96.2 Å². The van der Waals surface area contributed by atoms with Crippen LogP contribution in [0.3, 0.4) is 0 Å². The Hall–Kier alpha value is -3.79. The van der Waals surface area contributed by atoms with Gasteiger partial charge in [0.25, 0.3) is 5.91 Å². The Balaban J connectivity index is 1.24. The predicted molar refractivity (Wildman–Crippen MR) is 139 cm³/mol. The van der Waals surface area contributed by atoms with Gasteiger partial charge in [0.05, 0.1) is 4.90 Å². The maximum atomic E-state index is 12.5. The first-order valence-electron chi connectivity index (χ1n) is 11.1. The topological polar surface area (TPSA) is 113 Å². The van der Waals surface area contributed by atoms with E-state index < -0.39 is 10.0 Å². The summed E-state index contributed by atoms with van der Waals surface area (Å²) in [7, 11) is -3.63. The van der Waals surface area contributed by atoms with E-state index in [1.807, 2.05) is 36.4 Å². The maximum absolute atomic E-state index is 12.5. The van der Waals surface area contributed by atoms with Crippen molar-refractivity contribution < 1.29 is 13.2 Å². The molecule has 3 aromatic carbocycles. The van der Waals surface area contributed by atoms with Gasteiger partial charge in [0.15, 0.2) is 0 Å². The van der Waals surface area contributed by atoms with Crippen molar-refractivity contribution in [3.63, 3.8) is 0 Å². The molecule has 3 N–H and O–H groups in total. The van der Waals surface area contributed by atoms with Gasteiger partial charge in [-0.15, -0.1) is 0 Å². The van der Waals surface area contributed by atoms with E-state index in [0.29, 0.717) is 29.6 Å². The molecule has 8 nitrogen and oxygen atoms in total. The second-order valence-electron chi connectivity index (χ2n) is 7.90. The summed E-state index contributed by atoms with van der Waals surface area (Å²) < 4.78 is 27.4. The van der Waals surface area contributed by atoms with Crippen LogP contribution in [0.5, 0.6) is 0 Å². The summed E-state index contributed by atoms with van der Waals surface area (Å²) in [5.74, 6) is 0.366. The quantitative estimate of drug-likeness (QED) is 0.289. The molecule has 0 unspecified atom stereocenters. The zero-order valence-electron chi connectivity index (χ0n) is 19.2. The van der Waals surface area contributed by atoms with E-state index in [4.69, 9.17) is 11.6 Å². The smallest absolute Gasteiger partial charge is 0.251 e. The number of carbonyl (C=O) groups excluding carboxylic acids is 1. The second-order valence-corrected chi connectivity index (χ2v) is 10.1. The summed E-state index contributed by atoms with van der Waals surface area (Å²) >= 11 is 5.82. The van der Waals surface area contributed by atoms with Crippen LogP contribution in [0.2, 0.25) is 5.02 Å². The average molecular weight is 522 g/mol. The Morgan fingerprint density at radius 2 is 1.31 bits per heavy atom. The molecular formula is C26H24ClN5O3S. The lowest BCUT2D eigenvalue weighted by atomic mass is 10.1. The van der Waals surface area contributed by atoms with Crippen molar-refractivity contribution >= 4 is 33.5 Å². The van der Waals surface area contributed by atoms with Gasteiger partial charge in [-0.25, -0.2) is 23.1 Å². The van der Waals surface area contributed by atoms with Crippen LogP contribution in [0.4, 0.5) is 5.95 Å². The lowest BCUT2D eigenvalue weighted by molar-refractivity contribution is 0.0951. The Labute approximate surface area is 214 Å². The zero-order valence-corrected chi connectivity index (χ0v) is 20.8. The van der Waals surface area contributed by atoms with Crippen LogP contribution < -0.4 is 15.4 Å². The molecule has 0 radical (unpaired) electrons. The van der Waals surface area contributed by atoms with Gasteiger partial charge in [-0.3, -0.25) is 4.79 Å². The highest BCUT2D eigenvalue weighted by Crippen LogP contribution is 2.15. The normalized spacial score (nSPS) is 11.1. The van der Waals surface area contributed by atoms with E-state index in [2.05, 4.69) is 25.3 Å². The molecule has 184 valence electrons. The van der Waals surface area contributed by atoms with E-state index in [-0.39, 0.29) is 17.3 Å². The Kier molecular flexibility index (Phi) is 8.27. The number of anilines is 1. The summed E-state index contributed by atoms with van der Waals surface area (Å²) in [6.07, 6.45) is 3.33. The van der Waals surface area contributed by atoms with E-state index in [1.54, 1.807) is 30.6 Å². The molecular weight excluding hydrogens is 498 g/mol. The summed E-state index contributed by atoms with van der Waals surface area (Å²) in [4.78, 5) is 20.9. The molecule has 1 amide bonds. The highest BCUT2D eigenvalue weighted by molar-refractivity contribution is 7.89. The molecule has 4 aromatic rings. The summed E-state index contributed by atoms with van der Waals surface area (Å²) in [6.45, 7) is 1.05. The van der Waals surface area contributed by atoms with Gasteiger partial charge >= 0.3 is 0 Å². The molecule has 0 bridgehead atoms. The first-order chi connectivity index (χ1) is 17.4. The molecule has 0 aliphatic carbocycles. The first kappa shape index (κ1) is 25.3. The number of rotatable bonds is 10. The predicted octanol–water partition coefficient (Wildman–Crippen LogP) is 4.15. The van der Waals surface area contributed by atoms with Crippen molar-refractivity contribution in [1.29, 1.82) is 0 Å². The Morgan fingerprint density at radius 3 is 1.94 bits per heavy atom. The highest BCUT2D eigenvalue weighted by Gasteiger charge is 2.13. The van der Waals surface area contributed by atoms with E-state index >= 15 is 0 Å². The zero-order chi connectivity index (χ0) is 25.4. The molecule has 0 aliphatic heterocycles. The lowest BCUT2D eigenvalue weighted by Gasteiger charge is -2.09. The van der Waals surface area contributed by atoms with E-state index in [9.17, 15) is 13.2 Å². The standard InChI is InChI=1S/C26H24ClN5O3S/c27-23-10-12-24(13-11-23)36(34,35)32-18-21-4-2-19(3-5-21)16-30-25(33)22-8-6-20(7-9-22)17-31-26-28-14-1-15-29-26/h1-15,32H,16-18H2,(H,30,33)(H,28,29,31). The van der Waals surface area contributed by atoms with Gasteiger partial charge in [-0.05, 0) is 59.2 Å². The number of sulfonamides is 1. The average Bonchev–Trinajstić information content (AvgIpc) is 2.91. The minimum absolute atomic E-state index is 0.148. The third-order valence-corrected chi connectivity index (χ3v) is 6.97. The number of amides is 1. The molecule has 0 fully saturated rings. The Bertz CT molecular complexity index is 1400. The molecule has 0 atom stereocenters. The van der Waals surface area contributed by atoms with Crippen LogP contribution in [0.1, 0.15) is 27.0 Å². The molecule has 0 saturated heterocycles. The maximum Gasteiger partial charge on any atom is 0.251 e. The summed E-state index contributed by atoms with van der Waals surface area (Å²) in [6, 6.07) is 22.4. The molecule has 0 spiro atoms. The van der Waals surface area contributed by atoms with E-state index in [0.717, 1.165) is 16.7 Å². The molecule has 1 heterocycles. The number of nitrogens with one attached hydrogen (secondary N) is 3. The molecule has 0 aliphatic rings. The molecule has 0 saturated carbocycles. The number of nitrogens with zero attached hydrogens (tertiary/aromatic N) is 2. The van der Waals surface area contributed by atoms with E-state index in [1.165, 1.54) is 24.3 Å². The van der Waals surface area contributed by atoms with Crippen LogP contribution in [0.25, 0.3) is 0 Å². The van der Waals surface area contributed by atoms with Crippen LogP contribution >= 0.6 is 11.6 Å². The lowest BCUT2D eigenvalue weighted by Crippen LogP contribution is -2.23. The number of hydrogen-bond acceptors (Lipinski definition) is 6. The number of benzene rings is 3. The minimum atomic E-state index is -3.63. The van der Waals surface area contributed by atoms with Crippen molar-refractivity contribution in [2.45, 2.75) is 24.5 Å². The summed E-state index contributed by atoms with van der Waals surface area (Å²) in [5, 5.41) is 6.49. The molecule has 1 aromatic heterocycles. The third-order valence-electron chi connectivity index (χ3n) is 5.30. The van der Waals surface area contributed by atoms with Crippen LogP contribution in [0, 0.1) is 0 Å². The number of aromatic nitrogens is 2. The number of halogens is 1.